The van der Waals surface area contributed by atoms with Gasteiger partial charge in [-0.1, -0.05) is 67.4 Å². The average Bonchev–Trinajstić information content (AvgIpc) is 2.96. The lowest BCUT2D eigenvalue weighted by molar-refractivity contribution is -0.140. The molecule has 41 heavy (non-hydrogen) atoms. The number of rotatable bonds is 14. The van der Waals surface area contributed by atoms with E-state index in [1.807, 2.05) is 20.8 Å². The SMILES string of the molecule is CCCNC(=O)[C@H](CC)N(Cc1ccc(Cl)cc1)C(=O)CN(c1ccccc1OCC)S(=O)(=O)c1ccc(C)cc1. The molecular weight excluding hydrogens is 562 g/mol. The molecule has 0 saturated carbocycles. The zero-order valence-electron chi connectivity index (χ0n) is 24.0. The molecule has 3 rings (SSSR count). The Morgan fingerprint density at radius 3 is 2.22 bits per heavy atom. The number of amides is 2. The van der Waals surface area contributed by atoms with E-state index >= 15 is 0 Å². The van der Waals surface area contributed by atoms with Crippen LogP contribution in [0.5, 0.6) is 5.75 Å². The molecule has 3 aromatic rings. The molecule has 8 nitrogen and oxygen atoms in total. The van der Waals surface area contributed by atoms with Crippen molar-refractivity contribution in [3.8, 4) is 5.75 Å². The fourth-order valence-corrected chi connectivity index (χ4v) is 5.91. The van der Waals surface area contributed by atoms with Crippen LogP contribution in [0.4, 0.5) is 5.69 Å². The first-order valence-corrected chi connectivity index (χ1v) is 15.6. The monoisotopic (exact) mass is 599 g/mol. The molecule has 1 N–H and O–H groups in total. The zero-order valence-corrected chi connectivity index (χ0v) is 25.5. The predicted molar refractivity (Wildman–Crippen MR) is 163 cm³/mol. The van der Waals surface area contributed by atoms with Crippen LogP contribution in [0.2, 0.25) is 5.02 Å². The summed E-state index contributed by atoms with van der Waals surface area (Å²) in [5, 5.41) is 3.42. The van der Waals surface area contributed by atoms with Crippen LogP contribution in [0, 0.1) is 6.92 Å². The summed E-state index contributed by atoms with van der Waals surface area (Å²) in [5.41, 5.74) is 1.89. The van der Waals surface area contributed by atoms with Crippen molar-refractivity contribution < 1.29 is 22.7 Å². The molecule has 0 radical (unpaired) electrons. The van der Waals surface area contributed by atoms with Crippen LogP contribution >= 0.6 is 11.6 Å². The molecule has 0 spiro atoms. The van der Waals surface area contributed by atoms with Gasteiger partial charge in [0.15, 0.2) is 0 Å². The van der Waals surface area contributed by atoms with Crippen LogP contribution < -0.4 is 14.4 Å². The van der Waals surface area contributed by atoms with Crippen molar-refractivity contribution in [1.82, 2.24) is 10.2 Å². The smallest absolute Gasteiger partial charge is 0.264 e. The van der Waals surface area contributed by atoms with Crippen LogP contribution in [0.1, 0.15) is 44.7 Å². The molecule has 10 heteroatoms. The molecular formula is C31H38ClN3O5S. The van der Waals surface area contributed by atoms with Gasteiger partial charge >= 0.3 is 0 Å². The molecule has 0 aliphatic rings. The number of carbonyl (C=O) groups is 2. The largest absolute Gasteiger partial charge is 0.492 e. The predicted octanol–water partition coefficient (Wildman–Crippen LogP) is 5.58. The van der Waals surface area contributed by atoms with E-state index in [0.717, 1.165) is 21.9 Å². The molecule has 0 aliphatic carbocycles. The van der Waals surface area contributed by atoms with Gasteiger partial charge in [-0.05, 0) is 68.7 Å². The lowest BCUT2D eigenvalue weighted by atomic mass is 10.1. The number of ether oxygens (including phenoxy) is 1. The third-order valence-corrected chi connectivity index (χ3v) is 8.55. The summed E-state index contributed by atoms with van der Waals surface area (Å²) in [6.07, 6.45) is 1.08. The summed E-state index contributed by atoms with van der Waals surface area (Å²) in [6.45, 7) is 7.77. The first kappa shape index (κ1) is 32.0. The number of nitrogens with zero attached hydrogens (tertiary/aromatic N) is 2. The second kappa shape index (κ2) is 14.9. The maximum atomic E-state index is 14.2. The molecule has 2 amide bonds. The Bertz CT molecular complexity index is 1410. The lowest BCUT2D eigenvalue weighted by Gasteiger charge is -2.33. The molecule has 1 atom stereocenters. The number of carbonyl (C=O) groups excluding carboxylic acids is 2. The molecule has 0 aliphatic heterocycles. The van der Waals surface area contributed by atoms with Gasteiger partial charge in [0.25, 0.3) is 10.0 Å². The highest BCUT2D eigenvalue weighted by molar-refractivity contribution is 7.92. The van der Waals surface area contributed by atoms with Crippen molar-refractivity contribution in [2.75, 3.05) is 24.0 Å². The van der Waals surface area contributed by atoms with Crippen molar-refractivity contribution >= 4 is 39.1 Å². The summed E-state index contributed by atoms with van der Waals surface area (Å²) in [6, 6.07) is 19.3. The summed E-state index contributed by atoms with van der Waals surface area (Å²) in [7, 11) is -4.20. The number of para-hydroxylation sites is 2. The highest BCUT2D eigenvalue weighted by Crippen LogP contribution is 2.33. The second-order valence-electron chi connectivity index (χ2n) is 9.59. The summed E-state index contributed by atoms with van der Waals surface area (Å²) in [4.78, 5) is 28.8. The molecule has 0 heterocycles. The molecule has 0 aromatic heterocycles. The van der Waals surface area contributed by atoms with Gasteiger partial charge in [-0.25, -0.2) is 8.42 Å². The third kappa shape index (κ3) is 8.24. The van der Waals surface area contributed by atoms with E-state index in [1.54, 1.807) is 67.6 Å². The number of benzene rings is 3. The molecule has 3 aromatic carbocycles. The number of sulfonamides is 1. The van der Waals surface area contributed by atoms with E-state index in [0.29, 0.717) is 30.3 Å². The molecule has 220 valence electrons. The Labute approximate surface area is 248 Å². The zero-order chi connectivity index (χ0) is 30.0. The van der Waals surface area contributed by atoms with Crippen LogP contribution in [0.25, 0.3) is 0 Å². The lowest BCUT2D eigenvalue weighted by Crippen LogP contribution is -2.52. The maximum Gasteiger partial charge on any atom is 0.264 e. The van der Waals surface area contributed by atoms with E-state index in [-0.39, 0.29) is 23.0 Å². The van der Waals surface area contributed by atoms with Gasteiger partial charge in [0.05, 0.1) is 17.2 Å². The minimum atomic E-state index is -4.20. The average molecular weight is 600 g/mol. The van der Waals surface area contributed by atoms with Crippen LogP contribution in [0.15, 0.2) is 77.7 Å². The Morgan fingerprint density at radius 1 is 0.951 bits per heavy atom. The molecule has 0 bridgehead atoms. The number of hydrogen-bond acceptors (Lipinski definition) is 5. The number of aryl methyl sites for hydroxylation is 1. The fraction of sp³-hybridized carbons (Fsp3) is 0.355. The van der Waals surface area contributed by atoms with E-state index < -0.39 is 28.5 Å². The van der Waals surface area contributed by atoms with Crippen LogP contribution in [-0.4, -0.2) is 50.9 Å². The summed E-state index contributed by atoms with van der Waals surface area (Å²) < 4.78 is 35.0. The molecule has 0 unspecified atom stereocenters. The standard InChI is InChI=1S/C31H38ClN3O5S/c1-5-20-33-31(37)27(6-2)34(21-24-14-16-25(32)17-15-24)30(36)22-35(28-10-8-9-11-29(28)40-7-3)41(38,39)26-18-12-23(4)13-19-26/h8-19,27H,5-7,20-22H2,1-4H3,(H,33,37)/t27-/m0/s1. The van der Waals surface area contributed by atoms with Crippen molar-refractivity contribution in [2.24, 2.45) is 0 Å². The van der Waals surface area contributed by atoms with E-state index in [2.05, 4.69) is 5.32 Å². The fourth-order valence-electron chi connectivity index (χ4n) is 4.36. The minimum absolute atomic E-state index is 0.0409. The second-order valence-corrected chi connectivity index (χ2v) is 11.9. The Morgan fingerprint density at radius 2 is 1.61 bits per heavy atom. The van der Waals surface area contributed by atoms with Crippen LogP contribution in [-0.2, 0) is 26.2 Å². The summed E-state index contributed by atoms with van der Waals surface area (Å²) in [5.74, 6) is -0.491. The van der Waals surface area contributed by atoms with Gasteiger partial charge in [0.1, 0.15) is 18.3 Å². The Kier molecular flexibility index (Phi) is 11.6. The maximum absolute atomic E-state index is 14.2. The summed E-state index contributed by atoms with van der Waals surface area (Å²) >= 11 is 6.07. The number of anilines is 1. The van der Waals surface area contributed by atoms with Crippen LogP contribution in [0.3, 0.4) is 0 Å². The van der Waals surface area contributed by atoms with Crippen molar-refractivity contribution in [1.29, 1.82) is 0 Å². The first-order chi connectivity index (χ1) is 19.6. The molecule has 0 saturated heterocycles. The van der Waals surface area contributed by atoms with E-state index in [1.165, 1.54) is 17.0 Å². The van der Waals surface area contributed by atoms with E-state index in [9.17, 15) is 18.0 Å². The van der Waals surface area contributed by atoms with Gasteiger partial charge in [0, 0.05) is 18.1 Å². The number of nitrogens with one attached hydrogen (secondary N) is 1. The highest BCUT2D eigenvalue weighted by atomic mass is 35.5. The number of hydrogen-bond donors (Lipinski definition) is 1. The van der Waals surface area contributed by atoms with Gasteiger partial charge in [0.2, 0.25) is 11.8 Å². The van der Waals surface area contributed by atoms with Crippen molar-refractivity contribution in [2.45, 2.75) is 58.0 Å². The quantitative estimate of drug-likeness (QED) is 0.261. The normalized spacial score (nSPS) is 11.9. The highest BCUT2D eigenvalue weighted by Gasteiger charge is 2.34. The van der Waals surface area contributed by atoms with Gasteiger partial charge in [-0.2, -0.15) is 0 Å². The van der Waals surface area contributed by atoms with Crippen molar-refractivity contribution in [3.63, 3.8) is 0 Å². The van der Waals surface area contributed by atoms with E-state index in [4.69, 9.17) is 16.3 Å². The Hall–Kier alpha value is -3.56. The molecule has 0 fully saturated rings. The number of halogens is 1. The third-order valence-electron chi connectivity index (χ3n) is 6.52. The van der Waals surface area contributed by atoms with Crippen molar-refractivity contribution in [3.05, 3.63) is 88.9 Å². The Balaban J connectivity index is 2.09. The van der Waals surface area contributed by atoms with Gasteiger partial charge in [-0.3, -0.25) is 13.9 Å². The topological polar surface area (TPSA) is 96.0 Å². The minimum Gasteiger partial charge on any atom is -0.492 e. The first-order valence-electron chi connectivity index (χ1n) is 13.7. The van der Waals surface area contributed by atoms with Gasteiger partial charge in [-0.15, -0.1) is 0 Å². The van der Waals surface area contributed by atoms with Gasteiger partial charge < -0.3 is 15.0 Å².